The number of likely N-dealkylation sites (tertiary alicyclic amines) is 1. The van der Waals surface area contributed by atoms with Gasteiger partial charge in [0, 0.05) is 19.1 Å². The summed E-state index contributed by atoms with van der Waals surface area (Å²) in [6.07, 6.45) is 1.71. The zero-order valence-corrected chi connectivity index (χ0v) is 20.2. The van der Waals surface area contributed by atoms with Gasteiger partial charge in [-0.1, -0.05) is 38.1 Å². The van der Waals surface area contributed by atoms with Crippen LogP contribution in [-0.2, 0) is 11.2 Å². The number of benzene rings is 2. The number of rotatable bonds is 7. The number of imide groups is 1. The van der Waals surface area contributed by atoms with Crippen molar-refractivity contribution in [3.05, 3.63) is 64.6 Å². The molecule has 0 aliphatic carbocycles. The normalized spacial score (nSPS) is 15.5. The maximum atomic E-state index is 13.2. The van der Waals surface area contributed by atoms with Crippen molar-refractivity contribution < 1.29 is 14.7 Å². The molecule has 1 aliphatic rings. The number of H-pyrrole nitrogens is 1. The number of piperidine rings is 1. The first-order chi connectivity index (χ1) is 16.9. The molecule has 1 fully saturated rings. The maximum Gasteiger partial charge on any atom is 0.326 e. The molecule has 3 N–H and O–H groups in total. The number of phenolic OH excluding ortho intramolecular Hbond substituents is 1. The van der Waals surface area contributed by atoms with E-state index in [1.807, 2.05) is 43.0 Å². The van der Waals surface area contributed by atoms with E-state index >= 15 is 0 Å². The van der Waals surface area contributed by atoms with E-state index in [-0.39, 0.29) is 23.4 Å². The number of amides is 3. The van der Waals surface area contributed by atoms with Crippen molar-refractivity contribution in [3.8, 4) is 5.75 Å². The molecule has 0 bridgehead atoms. The molecular weight excluding hydrogens is 446 g/mol. The number of urea groups is 1. The Hall–Kier alpha value is -3.59. The summed E-state index contributed by atoms with van der Waals surface area (Å²) in [4.78, 5) is 45.2. The molecule has 35 heavy (non-hydrogen) atoms. The number of fused-ring (bicyclic) bond motifs is 1. The first-order valence-electron chi connectivity index (χ1n) is 12.2. The Morgan fingerprint density at radius 3 is 2.40 bits per heavy atom. The third kappa shape index (κ3) is 5.40. The molecule has 1 aliphatic heterocycles. The smallest absolute Gasteiger partial charge is 0.326 e. The zero-order chi connectivity index (χ0) is 24.9. The number of para-hydroxylation sites is 2. The van der Waals surface area contributed by atoms with Crippen LogP contribution in [0.15, 0.2) is 53.3 Å². The molecule has 0 spiro atoms. The number of carbonyl (C=O) groups is 2. The molecule has 4 rings (SSSR count). The molecule has 2 heterocycles. The van der Waals surface area contributed by atoms with Crippen LogP contribution < -0.4 is 11.0 Å². The largest absolute Gasteiger partial charge is 0.508 e. The maximum absolute atomic E-state index is 13.2. The Morgan fingerprint density at radius 1 is 1.09 bits per heavy atom. The number of aromatic amines is 1. The minimum Gasteiger partial charge on any atom is -0.508 e. The van der Waals surface area contributed by atoms with Crippen molar-refractivity contribution in [2.24, 2.45) is 0 Å². The highest BCUT2D eigenvalue weighted by atomic mass is 16.3. The summed E-state index contributed by atoms with van der Waals surface area (Å²) in [5.74, 6) is -0.159. The van der Waals surface area contributed by atoms with Crippen LogP contribution in [0.25, 0.3) is 11.0 Å². The molecule has 2 aromatic carbocycles. The minimum atomic E-state index is -0.499. The van der Waals surface area contributed by atoms with E-state index in [1.54, 1.807) is 33.7 Å². The summed E-state index contributed by atoms with van der Waals surface area (Å²) in [7, 11) is 0. The SMILES string of the molecule is CCN(CC)[C@H](Cc1ccc(O)cc1)C(=O)NC(=O)N1CCC(n2c(=O)[nH]c3ccccc32)CC1. The number of aromatic nitrogens is 2. The summed E-state index contributed by atoms with van der Waals surface area (Å²) in [6, 6.07) is 13.5. The number of aromatic hydroxyl groups is 1. The van der Waals surface area contributed by atoms with Gasteiger partial charge in [0.25, 0.3) is 0 Å². The zero-order valence-electron chi connectivity index (χ0n) is 20.2. The molecule has 3 aromatic rings. The molecule has 0 unspecified atom stereocenters. The lowest BCUT2D eigenvalue weighted by Gasteiger charge is -2.33. The van der Waals surface area contributed by atoms with Crippen molar-refractivity contribution in [3.63, 3.8) is 0 Å². The van der Waals surface area contributed by atoms with Gasteiger partial charge in [0.1, 0.15) is 5.75 Å². The van der Waals surface area contributed by atoms with Crippen LogP contribution in [0.2, 0.25) is 0 Å². The van der Waals surface area contributed by atoms with E-state index in [1.165, 1.54) is 0 Å². The van der Waals surface area contributed by atoms with Gasteiger partial charge in [-0.25, -0.2) is 9.59 Å². The minimum absolute atomic E-state index is 0.00341. The topological polar surface area (TPSA) is 111 Å². The number of imidazole rings is 1. The highest BCUT2D eigenvalue weighted by Crippen LogP contribution is 2.25. The Labute approximate surface area is 204 Å². The van der Waals surface area contributed by atoms with Crippen LogP contribution >= 0.6 is 0 Å². The van der Waals surface area contributed by atoms with E-state index < -0.39 is 12.1 Å². The van der Waals surface area contributed by atoms with Crippen molar-refractivity contribution in [2.45, 2.75) is 45.2 Å². The molecule has 9 heteroatoms. The average Bonchev–Trinajstić information content (AvgIpc) is 3.21. The molecule has 1 atom stereocenters. The summed E-state index contributed by atoms with van der Waals surface area (Å²) in [6.45, 7) is 6.24. The summed E-state index contributed by atoms with van der Waals surface area (Å²) < 4.78 is 1.78. The van der Waals surface area contributed by atoms with Gasteiger partial charge >= 0.3 is 11.7 Å². The average molecular weight is 480 g/mol. The monoisotopic (exact) mass is 479 g/mol. The molecule has 3 amide bonds. The number of phenols is 1. The summed E-state index contributed by atoms with van der Waals surface area (Å²) >= 11 is 0. The van der Waals surface area contributed by atoms with Gasteiger partial charge in [-0.15, -0.1) is 0 Å². The Kier molecular flexibility index (Phi) is 7.55. The van der Waals surface area contributed by atoms with E-state index in [2.05, 4.69) is 10.3 Å². The van der Waals surface area contributed by atoms with E-state index in [0.717, 1.165) is 16.6 Å². The van der Waals surface area contributed by atoms with E-state index in [4.69, 9.17) is 0 Å². The van der Waals surface area contributed by atoms with Gasteiger partial charge in [0.2, 0.25) is 5.91 Å². The van der Waals surface area contributed by atoms with Crippen LogP contribution in [0.1, 0.15) is 38.3 Å². The fourth-order valence-corrected chi connectivity index (χ4v) is 4.94. The molecule has 0 radical (unpaired) electrons. The molecule has 186 valence electrons. The van der Waals surface area contributed by atoms with Crippen molar-refractivity contribution in [2.75, 3.05) is 26.2 Å². The van der Waals surface area contributed by atoms with Crippen LogP contribution in [0, 0.1) is 0 Å². The third-order valence-corrected chi connectivity index (χ3v) is 6.89. The highest BCUT2D eigenvalue weighted by Gasteiger charge is 2.30. The second-order valence-electron chi connectivity index (χ2n) is 8.94. The van der Waals surface area contributed by atoms with Gasteiger partial charge in [-0.3, -0.25) is 19.6 Å². The van der Waals surface area contributed by atoms with Crippen LogP contribution in [0.5, 0.6) is 5.75 Å². The second-order valence-corrected chi connectivity index (χ2v) is 8.94. The number of nitrogens with one attached hydrogen (secondary N) is 2. The Bertz CT molecular complexity index is 1220. The molecule has 1 aromatic heterocycles. The summed E-state index contributed by atoms with van der Waals surface area (Å²) in [5.41, 5.74) is 2.44. The second kappa shape index (κ2) is 10.8. The number of likely N-dealkylation sites (N-methyl/N-ethyl adjacent to an activating group) is 1. The molecule has 1 saturated heterocycles. The third-order valence-electron chi connectivity index (χ3n) is 6.89. The van der Waals surface area contributed by atoms with Crippen molar-refractivity contribution in [1.29, 1.82) is 0 Å². The quantitative estimate of drug-likeness (QED) is 0.483. The summed E-state index contributed by atoms with van der Waals surface area (Å²) in [5, 5.41) is 12.2. The molecule has 9 nitrogen and oxygen atoms in total. The van der Waals surface area contributed by atoms with Crippen molar-refractivity contribution >= 4 is 23.0 Å². The fraction of sp³-hybridized carbons (Fsp3) is 0.423. The number of hydrogen-bond acceptors (Lipinski definition) is 5. The standard InChI is InChI=1S/C26H33N5O4/c1-3-29(4-2)23(17-18-9-11-20(32)12-10-18)24(33)28-25(34)30-15-13-19(14-16-30)31-22-8-6-5-7-21(22)27-26(31)35/h5-12,19,23,32H,3-4,13-17H2,1-2H3,(H,27,35)(H,28,33,34)/t23-/m1/s1. The van der Waals surface area contributed by atoms with Gasteiger partial charge in [0.05, 0.1) is 17.1 Å². The first kappa shape index (κ1) is 24.5. The van der Waals surface area contributed by atoms with Gasteiger partial charge < -0.3 is 15.0 Å². The van der Waals surface area contributed by atoms with Crippen LogP contribution in [0.3, 0.4) is 0 Å². The van der Waals surface area contributed by atoms with E-state index in [0.29, 0.717) is 45.4 Å². The highest BCUT2D eigenvalue weighted by molar-refractivity contribution is 5.97. The van der Waals surface area contributed by atoms with Crippen LogP contribution in [0.4, 0.5) is 4.79 Å². The van der Waals surface area contributed by atoms with Gasteiger partial charge in [-0.05, 0) is 62.2 Å². The predicted octanol–water partition coefficient (Wildman–Crippen LogP) is 2.86. The number of carbonyl (C=O) groups excluding carboxylic acids is 2. The lowest BCUT2D eigenvalue weighted by Crippen LogP contribution is -2.53. The Balaban J connectivity index is 1.40. The molecule has 0 saturated carbocycles. The molecular formula is C26H33N5O4. The lowest BCUT2D eigenvalue weighted by molar-refractivity contribution is -0.125. The number of hydrogen-bond donors (Lipinski definition) is 3. The predicted molar refractivity (Wildman–Crippen MR) is 134 cm³/mol. The Morgan fingerprint density at radius 2 is 1.74 bits per heavy atom. The van der Waals surface area contributed by atoms with Gasteiger partial charge in [-0.2, -0.15) is 0 Å². The fourth-order valence-electron chi connectivity index (χ4n) is 4.94. The van der Waals surface area contributed by atoms with E-state index in [9.17, 15) is 19.5 Å². The van der Waals surface area contributed by atoms with Crippen molar-refractivity contribution in [1.82, 2.24) is 24.7 Å². The number of nitrogens with zero attached hydrogens (tertiary/aromatic N) is 3. The first-order valence-corrected chi connectivity index (χ1v) is 12.2. The lowest BCUT2D eigenvalue weighted by atomic mass is 10.0. The van der Waals surface area contributed by atoms with Gasteiger partial charge in [0.15, 0.2) is 0 Å². The van der Waals surface area contributed by atoms with Crippen LogP contribution in [-0.4, -0.2) is 68.6 Å².